The fourth-order valence-electron chi connectivity index (χ4n) is 3.11. The Kier molecular flexibility index (Phi) is 6.46. The third-order valence-electron chi connectivity index (χ3n) is 4.46. The highest BCUT2D eigenvalue weighted by molar-refractivity contribution is 6.32. The SMILES string of the molecule is O=C(/C=C/c1ccc(Cl)c([N+](=O)[O-])c1)NNC(=O)CN1CCCc2ccccc21. The van der Waals surface area contributed by atoms with Crippen molar-refractivity contribution in [2.45, 2.75) is 12.8 Å². The number of carbonyl (C=O) groups excluding carboxylic acids is 2. The molecule has 3 rings (SSSR count). The minimum absolute atomic E-state index is 0.0168. The van der Waals surface area contributed by atoms with E-state index in [1.165, 1.54) is 29.8 Å². The fourth-order valence-corrected chi connectivity index (χ4v) is 3.29. The van der Waals surface area contributed by atoms with Crippen LogP contribution in [-0.2, 0) is 16.0 Å². The number of rotatable bonds is 5. The summed E-state index contributed by atoms with van der Waals surface area (Å²) in [7, 11) is 0. The standard InChI is InChI=1S/C20H19ClN4O4/c21-16-9-7-14(12-18(16)25(28)29)8-10-19(26)22-23-20(27)13-24-11-3-5-15-4-1-2-6-17(15)24/h1-2,4,6-10,12H,3,5,11,13H2,(H,22,26)(H,23,27)/b10-8+. The maximum atomic E-state index is 12.2. The lowest BCUT2D eigenvalue weighted by Crippen LogP contribution is -2.47. The summed E-state index contributed by atoms with van der Waals surface area (Å²) in [5.41, 5.74) is 7.11. The number of nitrogens with one attached hydrogen (secondary N) is 2. The van der Waals surface area contributed by atoms with Gasteiger partial charge in [0.05, 0.1) is 11.5 Å². The van der Waals surface area contributed by atoms with Gasteiger partial charge < -0.3 is 4.90 Å². The number of carbonyl (C=O) groups is 2. The Morgan fingerprint density at radius 2 is 2.00 bits per heavy atom. The summed E-state index contributed by atoms with van der Waals surface area (Å²) in [4.78, 5) is 36.4. The van der Waals surface area contributed by atoms with Crippen LogP contribution >= 0.6 is 11.6 Å². The van der Waals surface area contributed by atoms with Gasteiger partial charge in [0.15, 0.2) is 0 Å². The van der Waals surface area contributed by atoms with E-state index in [4.69, 9.17) is 11.6 Å². The zero-order valence-corrected chi connectivity index (χ0v) is 16.2. The molecule has 8 nitrogen and oxygen atoms in total. The second-order valence-electron chi connectivity index (χ2n) is 6.49. The molecule has 29 heavy (non-hydrogen) atoms. The summed E-state index contributed by atoms with van der Waals surface area (Å²) in [6.07, 6.45) is 4.51. The molecule has 0 spiro atoms. The summed E-state index contributed by atoms with van der Waals surface area (Å²) < 4.78 is 0. The van der Waals surface area contributed by atoms with Crippen LogP contribution in [-0.4, -0.2) is 29.8 Å². The van der Waals surface area contributed by atoms with Crippen molar-refractivity contribution in [3.05, 3.63) is 74.8 Å². The molecular weight excluding hydrogens is 396 g/mol. The molecule has 150 valence electrons. The van der Waals surface area contributed by atoms with E-state index in [0.29, 0.717) is 5.56 Å². The van der Waals surface area contributed by atoms with E-state index >= 15 is 0 Å². The number of anilines is 1. The molecule has 1 aliphatic heterocycles. The molecule has 0 radical (unpaired) electrons. The van der Waals surface area contributed by atoms with Crippen molar-refractivity contribution in [1.29, 1.82) is 0 Å². The Bertz CT molecular complexity index is 977. The minimum atomic E-state index is -0.599. The van der Waals surface area contributed by atoms with Crippen molar-refractivity contribution in [1.82, 2.24) is 10.9 Å². The first-order chi connectivity index (χ1) is 13.9. The van der Waals surface area contributed by atoms with Crippen LogP contribution in [0, 0.1) is 10.1 Å². The molecule has 0 fully saturated rings. The lowest BCUT2D eigenvalue weighted by molar-refractivity contribution is -0.384. The number of para-hydroxylation sites is 1. The number of hydrazine groups is 1. The second-order valence-corrected chi connectivity index (χ2v) is 6.90. The van der Waals surface area contributed by atoms with Gasteiger partial charge >= 0.3 is 0 Å². The predicted octanol–water partition coefficient (Wildman–Crippen LogP) is 2.86. The maximum Gasteiger partial charge on any atom is 0.288 e. The molecule has 9 heteroatoms. The van der Waals surface area contributed by atoms with Gasteiger partial charge in [-0.2, -0.15) is 0 Å². The lowest BCUT2D eigenvalue weighted by Gasteiger charge is -2.30. The molecular formula is C20H19ClN4O4. The number of halogens is 1. The van der Waals surface area contributed by atoms with Gasteiger partial charge in [0, 0.05) is 24.4 Å². The Morgan fingerprint density at radius 1 is 1.21 bits per heavy atom. The lowest BCUT2D eigenvalue weighted by atomic mass is 10.0. The molecule has 0 unspecified atom stereocenters. The van der Waals surface area contributed by atoms with Gasteiger partial charge in [-0.1, -0.05) is 35.9 Å². The number of benzene rings is 2. The van der Waals surface area contributed by atoms with Crippen LogP contribution < -0.4 is 15.8 Å². The van der Waals surface area contributed by atoms with E-state index in [2.05, 4.69) is 10.9 Å². The van der Waals surface area contributed by atoms with Crippen molar-refractivity contribution in [2.75, 3.05) is 18.0 Å². The maximum absolute atomic E-state index is 12.2. The summed E-state index contributed by atoms with van der Waals surface area (Å²) >= 11 is 5.75. The Labute approximate surface area is 172 Å². The Balaban J connectivity index is 1.52. The topological polar surface area (TPSA) is 105 Å². The molecule has 0 bridgehead atoms. The molecule has 0 aliphatic carbocycles. The molecule has 0 saturated heterocycles. The van der Waals surface area contributed by atoms with E-state index in [1.54, 1.807) is 6.07 Å². The van der Waals surface area contributed by atoms with E-state index in [9.17, 15) is 19.7 Å². The van der Waals surface area contributed by atoms with Crippen molar-refractivity contribution in [3.63, 3.8) is 0 Å². The van der Waals surface area contributed by atoms with Crippen LogP contribution in [0.5, 0.6) is 0 Å². The third-order valence-corrected chi connectivity index (χ3v) is 4.78. The fraction of sp³-hybridized carbons (Fsp3) is 0.200. The first-order valence-electron chi connectivity index (χ1n) is 8.98. The van der Waals surface area contributed by atoms with Gasteiger partial charge in [-0.3, -0.25) is 30.6 Å². The molecule has 0 aromatic heterocycles. The van der Waals surface area contributed by atoms with Crippen LogP contribution in [0.2, 0.25) is 5.02 Å². The van der Waals surface area contributed by atoms with Crippen molar-refractivity contribution in [2.24, 2.45) is 0 Å². The Morgan fingerprint density at radius 3 is 2.79 bits per heavy atom. The number of nitro benzene ring substituents is 1. The highest BCUT2D eigenvalue weighted by atomic mass is 35.5. The molecule has 0 saturated carbocycles. The van der Waals surface area contributed by atoms with Crippen molar-refractivity contribution >= 4 is 40.9 Å². The first-order valence-corrected chi connectivity index (χ1v) is 9.35. The van der Waals surface area contributed by atoms with Crippen LogP contribution in [0.15, 0.2) is 48.5 Å². The highest BCUT2D eigenvalue weighted by Gasteiger charge is 2.18. The number of amides is 2. The predicted molar refractivity (Wildman–Crippen MR) is 110 cm³/mol. The van der Waals surface area contributed by atoms with E-state index in [-0.39, 0.29) is 23.2 Å². The molecule has 2 N–H and O–H groups in total. The molecule has 0 atom stereocenters. The monoisotopic (exact) mass is 414 g/mol. The van der Waals surface area contributed by atoms with Gasteiger partial charge in [-0.15, -0.1) is 0 Å². The normalized spacial score (nSPS) is 13.1. The highest BCUT2D eigenvalue weighted by Crippen LogP contribution is 2.26. The quantitative estimate of drug-likeness (QED) is 0.444. The third kappa shape index (κ3) is 5.32. The average Bonchev–Trinajstić information content (AvgIpc) is 2.71. The van der Waals surface area contributed by atoms with Gasteiger partial charge in [-0.05, 0) is 42.2 Å². The van der Waals surface area contributed by atoms with Crippen LogP contribution in [0.4, 0.5) is 11.4 Å². The van der Waals surface area contributed by atoms with Gasteiger partial charge in [0.1, 0.15) is 5.02 Å². The zero-order valence-electron chi connectivity index (χ0n) is 15.4. The number of fused-ring (bicyclic) bond motifs is 1. The summed E-state index contributed by atoms with van der Waals surface area (Å²) in [5.74, 6) is -0.902. The van der Waals surface area contributed by atoms with E-state index < -0.39 is 10.8 Å². The molecule has 1 heterocycles. The van der Waals surface area contributed by atoms with E-state index in [0.717, 1.165) is 25.1 Å². The summed E-state index contributed by atoms with van der Waals surface area (Å²) in [5, 5.41) is 10.9. The number of nitrogens with zero attached hydrogens (tertiary/aromatic N) is 2. The van der Waals surface area contributed by atoms with Gasteiger partial charge in [0.2, 0.25) is 0 Å². The summed E-state index contributed by atoms with van der Waals surface area (Å²) in [6, 6.07) is 12.1. The molecule has 2 aromatic rings. The van der Waals surface area contributed by atoms with Gasteiger partial charge in [0.25, 0.3) is 17.5 Å². The van der Waals surface area contributed by atoms with Crippen molar-refractivity contribution < 1.29 is 14.5 Å². The zero-order chi connectivity index (χ0) is 20.8. The Hall–Kier alpha value is -3.39. The first kappa shape index (κ1) is 20.3. The van der Waals surface area contributed by atoms with Crippen LogP contribution in [0.25, 0.3) is 6.08 Å². The number of nitro groups is 1. The molecule has 1 aliphatic rings. The minimum Gasteiger partial charge on any atom is -0.362 e. The molecule has 2 amide bonds. The average molecular weight is 415 g/mol. The molecule has 2 aromatic carbocycles. The van der Waals surface area contributed by atoms with E-state index in [1.807, 2.05) is 29.2 Å². The number of hydrogen-bond acceptors (Lipinski definition) is 5. The van der Waals surface area contributed by atoms with Crippen LogP contribution in [0.1, 0.15) is 17.5 Å². The van der Waals surface area contributed by atoms with Crippen molar-refractivity contribution in [3.8, 4) is 0 Å². The van der Waals surface area contributed by atoms with Gasteiger partial charge in [-0.25, -0.2) is 0 Å². The summed E-state index contributed by atoms with van der Waals surface area (Å²) in [6.45, 7) is 0.901. The number of aryl methyl sites for hydroxylation is 1. The smallest absolute Gasteiger partial charge is 0.288 e. The van der Waals surface area contributed by atoms with Crippen LogP contribution in [0.3, 0.4) is 0 Å². The second kappa shape index (κ2) is 9.20. The largest absolute Gasteiger partial charge is 0.362 e. The number of hydrogen-bond donors (Lipinski definition) is 2.